The van der Waals surface area contributed by atoms with Crippen molar-refractivity contribution in [3.8, 4) is 17.4 Å². The SMILES string of the molecule is FC(F)(F)COc1nccc(-c2cc3cnc(NC4CCCOC4)cc3[nH]2)n1. The van der Waals surface area contributed by atoms with Gasteiger partial charge in [-0.15, -0.1) is 0 Å². The molecule has 0 saturated carbocycles. The largest absolute Gasteiger partial charge is 0.454 e. The number of aromatic amines is 1. The number of ether oxygens (including phenoxy) is 2. The Hall–Kier alpha value is -2.88. The highest BCUT2D eigenvalue weighted by atomic mass is 19.4. The highest BCUT2D eigenvalue weighted by Gasteiger charge is 2.29. The van der Waals surface area contributed by atoms with Gasteiger partial charge in [-0.3, -0.25) is 0 Å². The van der Waals surface area contributed by atoms with Gasteiger partial charge in [-0.25, -0.2) is 9.97 Å². The van der Waals surface area contributed by atoms with Crippen molar-refractivity contribution in [1.29, 1.82) is 0 Å². The Labute approximate surface area is 158 Å². The molecule has 1 unspecified atom stereocenters. The van der Waals surface area contributed by atoms with Gasteiger partial charge in [0, 0.05) is 30.5 Å². The van der Waals surface area contributed by atoms with Crippen LogP contribution in [-0.2, 0) is 4.74 Å². The number of halogens is 3. The molecule has 1 aliphatic rings. The maximum Gasteiger partial charge on any atom is 0.422 e. The van der Waals surface area contributed by atoms with E-state index in [-0.39, 0.29) is 12.1 Å². The summed E-state index contributed by atoms with van der Waals surface area (Å²) < 4.78 is 47.0. The molecule has 4 rings (SSSR count). The topological polar surface area (TPSA) is 85.0 Å². The predicted molar refractivity (Wildman–Crippen MR) is 96.1 cm³/mol. The molecule has 0 radical (unpaired) electrons. The van der Waals surface area contributed by atoms with Crippen molar-refractivity contribution in [3.05, 3.63) is 30.6 Å². The van der Waals surface area contributed by atoms with Crippen LogP contribution in [0.25, 0.3) is 22.3 Å². The number of pyridine rings is 1. The van der Waals surface area contributed by atoms with Crippen LogP contribution in [0.4, 0.5) is 19.0 Å². The van der Waals surface area contributed by atoms with Crippen molar-refractivity contribution in [2.24, 2.45) is 0 Å². The van der Waals surface area contributed by atoms with Gasteiger partial charge in [0.15, 0.2) is 6.61 Å². The molecular weight excluding hydrogens is 375 g/mol. The zero-order chi connectivity index (χ0) is 19.6. The molecule has 0 bridgehead atoms. The summed E-state index contributed by atoms with van der Waals surface area (Å²) in [4.78, 5) is 15.4. The minimum atomic E-state index is -4.45. The lowest BCUT2D eigenvalue weighted by Crippen LogP contribution is -2.30. The summed E-state index contributed by atoms with van der Waals surface area (Å²) in [5.74, 6) is 0.730. The predicted octanol–water partition coefficient (Wildman–Crippen LogP) is 3.55. The number of aromatic nitrogens is 4. The Bertz CT molecular complexity index is 954. The molecular formula is C18H18F3N5O2. The van der Waals surface area contributed by atoms with E-state index in [1.165, 1.54) is 6.20 Å². The third-order valence-electron chi connectivity index (χ3n) is 4.29. The second-order valence-electron chi connectivity index (χ2n) is 6.53. The van der Waals surface area contributed by atoms with Crippen molar-refractivity contribution in [2.75, 3.05) is 25.1 Å². The van der Waals surface area contributed by atoms with Crippen LogP contribution < -0.4 is 10.1 Å². The molecule has 0 amide bonds. The quantitative estimate of drug-likeness (QED) is 0.690. The molecule has 1 saturated heterocycles. The van der Waals surface area contributed by atoms with E-state index >= 15 is 0 Å². The summed E-state index contributed by atoms with van der Waals surface area (Å²) in [6, 6.07) is 5.20. The first-order valence-electron chi connectivity index (χ1n) is 8.82. The lowest BCUT2D eigenvalue weighted by molar-refractivity contribution is -0.154. The summed E-state index contributed by atoms with van der Waals surface area (Å²) >= 11 is 0. The highest BCUT2D eigenvalue weighted by Crippen LogP contribution is 2.25. The highest BCUT2D eigenvalue weighted by molar-refractivity contribution is 5.86. The molecule has 148 valence electrons. The number of nitrogens with one attached hydrogen (secondary N) is 2. The molecule has 7 nitrogen and oxygen atoms in total. The Balaban J connectivity index is 1.52. The number of hydrogen-bond donors (Lipinski definition) is 2. The van der Waals surface area contributed by atoms with Gasteiger partial charge < -0.3 is 19.8 Å². The number of H-pyrrole nitrogens is 1. The van der Waals surface area contributed by atoms with E-state index in [4.69, 9.17) is 4.74 Å². The summed E-state index contributed by atoms with van der Waals surface area (Å²) in [6.45, 7) is 0.00253. The molecule has 0 spiro atoms. The van der Waals surface area contributed by atoms with Crippen LogP contribution in [0, 0.1) is 0 Å². The van der Waals surface area contributed by atoms with Crippen LogP contribution in [-0.4, -0.2) is 52.0 Å². The first-order valence-corrected chi connectivity index (χ1v) is 8.82. The van der Waals surface area contributed by atoms with Crippen LogP contribution in [0.5, 0.6) is 6.01 Å². The molecule has 1 atom stereocenters. The van der Waals surface area contributed by atoms with E-state index in [2.05, 4.69) is 30.0 Å². The zero-order valence-corrected chi connectivity index (χ0v) is 14.8. The van der Waals surface area contributed by atoms with Crippen molar-refractivity contribution >= 4 is 16.7 Å². The van der Waals surface area contributed by atoms with Gasteiger partial charge in [-0.1, -0.05) is 0 Å². The van der Waals surface area contributed by atoms with Crippen molar-refractivity contribution in [1.82, 2.24) is 19.9 Å². The molecule has 3 aromatic heterocycles. The number of fused-ring (bicyclic) bond motifs is 1. The number of rotatable bonds is 5. The number of hydrogen-bond acceptors (Lipinski definition) is 6. The molecule has 2 N–H and O–H groups in total. The fourth-order valence-electron chi connectivity index (χ4n) is 3.01. The lowest BCUT2D eigenvalue weighted by atomic mass is 10.1. The van der Waals surface area contributed by atoms with Crippen LogP contribution >= 0.6 is 0 Å². The van der Waals surface area contributed by atoms with E-state index in [0.717, 1.165) is 36.2 Å². The smallest absolute Gasteiger partial charge is 0.422 e. The first-order chi connectivity index (χ1) is 13.5. The minimum absolute atomic E-state index is 0.225. The maximum atomic E-state index is 12.3. The monoisotopic (exact) mass is 393 g/mol. The fourth-order valence-corrected chi connectivity index (χ4v) is 3.01. The standard InChI is InChI=1S/C18H18F3N5O2/c19-18(20,21)10-28-17-22-4-3-13(26-17)15-6-11-8-23-16(7-14(11)25-15)24-12-2-1-5-27-9-12/h3-4,6-8,12,25H,1-2,5,9-10H2,(H,23,24). The first kappa shape index (κ1) is 18.5. The molecule has 4 heterocycles. The van der Waals surface area contributed by atoms with Crippen LogP contribution in [0.2, 0.25) is 0 Å². The molecule has 28 heavy (non-hydrogen) atoms. The van der Waals surface area contributed by atoms with Gasteiger partial charge in [0.1, 0.15) is 5.82 Å². The summed E-state index contributed by atoms with van der Waals surface area (Å²) in [6.07, 6.45) is 0.673. The van der Waals surface area contributed by atoms with Crippen molar-refractivity contribution in [2.45, 2.75) is 25.1 Å². The Morgan fingerprint density at radius 2 is 2.18 bits per heavy atom. The second kappa shape index (κ2) is 7.63. The van der Waals surface area contributed by atoms with E-state index in [1.807, 2.05) is 12.1 Å². The van der Waals surface area contributed by atoms with Crippen LogP contribution in [0.1, 0.15) is 12.8 Å². The normalized spacial score (nSPS) is 17.6. The van der Waals surface area contributed by atoms with Crippen LogP contribution in [0.15, 0.2) is 30.6 Å². The number of nitrogens with zero attached hydrogens (tertiary/aromatic N) is 3. The zero-order valence-electron chi connectivity index (χ0n) is 14.8. The van der Waals surface area contributed by atoms with E-state index < -0.39 is 12.8 Å². The lowest BCUT2D eigenvalue weighted by Gasteiger charge is -2.23. The third kappa shape index (κ3) is 4.50. The van der Waals surface area contributed by atoms with E-state index in [1.54, 1.807) is 12.3 Å². The molecule has 3 aromatic rings. The average molecular weight is 393 g/mol. The number of anilines is 1. The summed E-state index contributed by atoms with van der Waals surface area (Å²) in [5.41, 5.74) is 1.90. The Morgan fingerprint density at radius 3 is 2.96 bits per heavy atom. The van der Waals surface area contributed by atoms with Gasteiger partial charge in [0.2, 0.25) is 0 Å². The molecule has 1 fully saturated rings. The molecule has 1 aliphatic heterocycles. The van der Waals surface area contributed by atoms with Gasteiger partial charge in [-0.2, -0.15) is 18.2 Å². The van der Waals surface area contributed by atoms with Crippen molar-refractivity contribution in [3.63, 3.8) is 0 Å². The average Bonchev–Trinajstić information content (AvgIpc) is 3.10. The fraction of sp³-hybridized carbons (Fsp3) is 0.389. The van der Waals surface area contributed by atoms with Gasteiger partial charge >= 0.3 is 12.2 Å². The van der Waals surface area contributed by atoms with Gasteiger partial charge in [-0.05, 0) is 25.0 Å². The molecule has 0 aliphatic carbocycles. The minimum Gasteiger partial charge on any atom is -0.454 e. The van der Waals surface area contributed by atoms with Gasteiger partial charge in [0.25, 0.3) is 0 Å². The van der Waals surface area contributed by atoms with Crippen LogP contribution in [0.3, 0.4) is 0 Å². The maximum absolute atomic E-state index is 12.3. The second-order valence-corrected chi connectivity index (χ2v) is 6.53. The Kier molecular flexibility index (Phi) is 5.03. The molecule has 0 aromatic carbocycles. The summed E-state index contributed by atoms with van der Waals surface area (Å²) in [5, 5.41) is 4.21. The Morgan fingerprint density at radius 1 is 1.29 bits per heavy atom. The van der Waals surface area contributed by atoms with E-state index in [0.29, 0.717) is 18.0 Å². The molecule has 10 heteroatoms. The van der Waals surface area contributed by atoms with Crippen molar-refractivity contribution < 1.29 is 22.6 Å². The van der Waals surface area contributed by atoms with E-state index in [9.17, 15) is 13.2 Å². The third-order valence-corrected chi connectivity index (χ3v) is 4.29. The number of alkyl halides is 3. The van der Waals surface area contributed by atoms with Gasteiger partial charge in [0.05, 0.1) is 29.6 Å². The summed E-state index contributed by atoms with van der Waals surface area (Å²) in [7, 11) is 0.